The molecule has 2 fully saturated rings. The fraction of sp³-hybridized carbons (Fsp3) is 0.250. The van der Waals surface area contributed by atoms with E-state index < -0.39 is 11.0 Å². The predicted octanol–water partition coefficient (Wildman–Crippen LogP) is 5.43. The van der Waals surface area contributed by atoms with Gasteiger partial charge >= 0.3 is 0 Å². The van der Waals surface area contributed by atoms with Crippen LogP contribution in [0.25, 0.3) is 0 Å². The van der Waals surface area contributed by atoms with Crippen LogP contribution in [0.15, 0.2) is 97.1 Å². The van der Waals surface area contributed by atoms with Crippen molar-refractivity contribution in [3.05, 3.63) is 119 Å². The molecular weight excluding hydrogens is 368 g/mol. The van der Waals surface area contributed by atoms with E-state index in [1.807, 2.05) is 30.3 Å². The maximum atomic E-state index is 14.4. The third-order valence-electron chi connectivity index (χ3n) is 8.17. The molecular formula is C28H22O2. The van der Waals surface area contributed by atoms with Crippen molar-refractivity contribution in [2.24, 2.45) is 11.8 Å². The average Bonchev–Trinajstić information content (AvgIpc) is 3.28. The van der Waals surface area contributed by atoms with Crippen LogP contribution in [0.4, 0.5) is 0 Å². The number of ether oxygens (including phenoxy) is 1. The Morgan fingerprint density at radius 2 is 1.37 bits per heavy atom. The predicted molar refractivity (Wildman–Crippen MR) is 115 cm³/mol. The molecule has 2 nitrogen and oxygen atoms in total. The molecule has 3 aromatic rings. The summed E-state index contributed by atoms with van der Waals surface area (Å²) >= 11 is 0. The molecule has 0 amide bonds. The number of rotatable bonds is 2. The minimum atomic E-state index is -0.576. The van der Waals surface area contributed by atoms with E-state index in [9.17, 15) is 4.79 Å². The fourth-order valence-corrected chi connectivity index (χ4v) is 6.91. The Balaban J connectivity index is 1.59. The zero-order chi connectivity index (χ0) is 20.0. The summed E-state index contributed by atoms with van der Waals surface area (Å²) in [5.74, 6) is 0.801. The summed E-state index contributed by atoms with van der Waals surface area (Å²) in [6.45, 7) is 0. The number of epoxide rings is 1. The molecule has 3 aliphatic carbocycles. The Labute approximate surface area is 176 Å². The molecule has 0 radical (unpaired) electrons. The lowest BCUT2D eigenvalue weighted by Gasteiger charge is -2.44. The van der Waals surface area contributed by atoms with E-state index in [0.29, 0.717) is 5.92 Å². The van der Waals surface area contributed by atoms with Gasteiger partial charge in [0.1, 0.15) is 11.2 Å². The molecule has 7 rings (SSSR count). The lowest BCUT2D eigenvalue weighted by atomic mass is 9.56. The molecule has 4 bridgehead atoms. The van der Waals surface area contributed by atoms with Gasteiger partial charge in [-0.2, -0.15) is 0 Å². The van der Waals surface area contributed by atoms with E-state index in [1.54, 1.807) is 0 Å². The highest BCUT2D eigenvalue weighted by Gasteiger charge is 2.81. The van der Waals surface area contributed by atoms with E-state index in [4.69, 9.17) is 4.74 Å². The van der Waals surface area contributed by atoms with Gasteiger partial charge in [0.05, 0.1) is 5.41 Å². The second kappa shape index (κ2) is 5.39. The summed E-state index contributed by atoms with van der Waals surface area (Å²) in [4.78, 5) is 14.4. The third kappa shape index (κ3) is 1.71. The Bertz CT molecular complexity index is 1210. The summed E-state index contributed by atoms with van der Waals surface area (Å²) in [6.07, 6.45) is 6.34. The maximum Gasteiger partial charge on any atom is 0.174 e. The zero-order valence-electron chi connectivity index (χ0n) is 16.6. The molecule has 146 valence electrons. The van der Waals surface area contributed by atoms with Crippen LogP contribution < -0.4 is 0 Å². The quantitative estimate of drug-likeness (QED) is 0.431. The van der Waals surface area contributed by atoms with Crippen molar-refractivity contribution in [1.82, 2.24) is 0 Å². The highest BCUT2D eigenvalue weighted by Crippen LogP contribution is 2.75. The van der Waals surface area contributed by atoms with Gasteiger partial charge in [-0.1, -0.05) is 97.1 Å². The van der Waals surface area contributed by atoms with Crippen molar-refractivity contribution in [2.45, 2.75) is 29.5 Å². The molecule has 0 aromatic heterocycles. The van der Waals surface area contributed by atoms with Crippen LogP contribution in [0, 0.1) is 11.8 Å². The first-order valence-electron chi connectivity index (χ1n) is 10.9. The van der Waals surface area contributed by atoms with E-state index in [2.05, 4.69) is 66.7 Å². The molecule has 4 aliphatic rings. The number of carbonyl (C=O) groups is 1. The second-order valence-corrected chi connectivity index (χ2v) is 9.26. The zero-order valence-corrected chi connectivity index (χ0v) is 16.6. The first kappa shape index (κ1) is 16.8. The molecule has 2 heteroatoms. The van der Waals surface area contributed by atoms with Crippen LogP contribution in [-0.2, 0) is 15.8 Å². The highest BCUT2D eigenvalue weighted by molar-refractivity contribution is 6.07. The first-order chi connectivity index (χ1) is 14.7. The Morgan fingerprint density at radius 3 is 2.13 bits per heavy atom. The number of hydrogen-bond acceptors (Lipinski definition) is 2. The Kier molecular flexibility index (Phi) is 3.01. The summed E-state index contributed by atoms with van der Waals surface area (Å²) in [7, 11) is 0. The first-order valence-corrected chi connectivity index (χ1v) is 10.9. The van der Waals surface area contributed by atoms with Crippen molar-refractivity contribution in [1.29, 1.82) is 0 Å². The van der Waals surface area contributed by atoms with E-state index in [1.165, 1.54) is 0 Å². The highest BCUT2D eigenvalue weighted by atomic mass is 16.6. The topological polar surface area (TPSA) is 29.6 Å². The van der Waals surface area contributed by atoms with Crippen molar-refractivity contribution in [3.63, 3.8) is 0 Å². The molecule has 0 N–H and O–H groups in total. The van der Waals surface area contributed by atoms with Gasteiger partial charge in [-0.15, -0.1) is 0 Å². The molecule has 1 aliphatic heterocycles. The monoisotopic (exact) mass is 390 g/mol. The van der Waals surface area contributed by atoms with Gasteiger partial charge < -0.3 is 4.74 Å². The van der Waals surface area contributed by atoms with Crippen LogP contribution in [-0.4, -0.2) is 11.4 Å². The van der Waals surface area contributed by atoms with Crippen LogP contribution in [0.5, 0.6) is 0 Å². The summed E-state index contributed by atoms with van der Waals surface area (Å²) in [5.41, 5.74) is 2.64. The normalized spacial score (nSPS) is 37.3. The van der Waals surface area contributed by atoms with Crippen LogP contribution >= 0.6 is 0 Å². The molecule has 0 unspecified atom stereocenters. The number of carbonyl (C=O) groups excluding carboxylic acids is 1. The van der Waals surface area contributed by atoms with Crippen LogP contribution in [0.3, 0.4) is 0 Å². The smallest absolute Gasteiger partial charge is 0.174 e. The molecule has 5 atom stereocenters. The summed E-state index contributed by atoms with van der Waals surface area (Å²) in [6, 6.07) is 29.1. The van der Waals surface area contributed by atoms with Gasteiger partial charge in [-0.25, -0.2) is 0 Å². The number of benzene rings is 3. The number of Topliss-reactive ketones (excluding diaryl/α,β-unsaturated/α-hetero) is 1. The maximum absolute atomic E-state index is 14.4. The van der Waals surface area contributed by atoms with Gasteiger partial charge in [0.15, 0.2) is 5.78 Å². The Morgan fingerprint density at radius 1 is 0.733 bits per heavy atom. The van der Waals surface area contributed by atoms with E-state index in [0.717, 1.165) is 35.1 Å². The molecule has 1 heterocycles. The van der Waals surface area contributed by atoms with Gasteiger partial charge in [-0.05, 0) is 29.9 Å². The van der Waals surface area contributed by atoms with Gasteiger partial charge in [0.25, 0.3) is 0 Å². The summed E-state index contributed by atoms with van der Waals surface area (Å²) in [5, 5.41) is 0. The number of fused-ring (bicyclic) bond motifs is 6. The lowest BCUT2D eigenvalue weighted by Crippen LogP contribution is -2.50. The van der Waals surface area contributed by atoms with Crippen molar-refractivity contribution >= 4 is 5.78 Å². The number of allylic oxidation sites excluding steroid dienone is 1. The standard InChI is InChI=1S/C28H22O2/c29-25-23-13-7-8-14-24(23)28(20-11-5-2-6-12-20)27(30-28)18-26(25,19-9-3-1-4-10-19)21-15-16-22(27)17-21/h1-16,21-22H,17-18H2/t21-,22+,26+,27-,28+/m0/s1. The lowest BCUT2D eigenvalue weighted by molar-refractivity contribution is 0.0633. The fourth-order valence-electron chi connectivity index (χ4n) is 6.91. The van der Waals surface area contributed by atoms with Gasteiger partial charge in [0.2, 0.25) is 0 Å². The minimum Gasteiger partial charge on any atom is -0.352 e. The molecule has 1 saturated heterocycles. The number of hydrogen-bond donors (Lipinski definition) is 0. The van der Waals surface area contributed by atoms with Crippen LogP contribution in [0.2, 0.25) is 0 Å². The van der Waals surface area contributed by atoms with E-state index >= 15 is 0 Å². The molecule has 3 aromatic carbocycles. The molecule has 1 spiro atoms. The summed E-state index contributed by atoms with van der Waals surface area (Å²) < 4.78 is 6.94. The van der Waals surface area contributed by atoms with Crippen LogP contribution in [0.1, 0.15) is 39.9 Å². The van der Waals surface area contributed by atoms with Crippen molar-refractivity contribution in [3.8, 4) is 0 Å². The minimum absolute atomic E-state index is 0.215. The van der Waals surface area contributed by atoms with Crippen molar-refractivity contribution < 1.29 is 9.53 Å². The van der Waals surface area contributed by atoms with Gasteiger partial charge in [-0.3, -0.25) is 4.79 Å². The second-order valence-electron chi connectivity index (χ2n) is 9.26. The van der Waals surface area contributed by atoms with E-state index in [-0.39, 0.29) is 17.3 Å². The third-order valence-corrected chi connectivity index (χ3v) is 8.17. The van der Waals surface area contributed by atoms with Crippen molar-refractivity contribution in [2.75, 3.05) is 0 Å². The molecule has 30 heavy (non-hydrogen) atoms. The molecule has 1 saturated carbocycles. The average molecular weight is 390 g/mol. The number of ketones is 1. The van der Waals surface area contributed by atoms with Gasteiger partial charge in [0, 0.05) is 17.0 Å². The SMILES string of the molecule is O=C1c2ccccc2[C@@]2(c3ccccc3)O[C@]23C[C@@]1(c1ccccc1)[C@H]1C=C[C@@H]3C1. The largest absolute Gasteiger partial charge is 0.352 e. The Hall–Kier alpha value is -2.97.